The lowest BCUT2D eigenvalue weighted by molar-refractivity contribution is 0.568. The Balaban J connectivity index is 0.000000120. The molecule has 6 aromatic carbocycles. The summed E-state index contributed by atoms with van der Waals surface area (Å²) in [5.74, 6) is 6.44. The summed E-state index contributed by atoms with van der Waals surface area (Å²) in [7, 11) is 0. The molecule has 12 aromatic rings. The van der Waals surface area contributed by atoms with Crippen molar-refractivity contribution >= 4 is 44.7 Å². The normalized spacial score (nSPS) is 15.2. The zero-order valence-electron chi connectivity index (χ0n) is 45.8. The Labute approximate surface area is 504 Å². The molecule has 0 N–H and O–H groups in total. The van der Waals surface area contributed by atoms with E-state index in [2.05, 4.69) is 57.7 Å². The van der Waals surface area contributed by atoms with E-state index in [-0.39, 0.29) is 29.8 Å². The van der Waals surface area contributed by atoms with Gasteiger partial charge in [-0.1, -0.05) is 81.8 Å². The van der Waals surface area contributed by atoms with Crippen LogP contribution in [0.25, 0.3) is 51.4 Å². The summed E-state index contributed by atoms with van der Waals surface area (Å²) in [6.45, 7) is 5.94. The van der Waals surface area contributed by atoms with Gasteiger partial charge in [-0.3, -0.25) is 28.7 Å². The number of rotatable bonds is 6. The maximum Gasteiger partial charge on any atom is 0.181 e. The van der Waals surface area contributed by atoms with Crippen molar-refractivity contribution in [3.05, 3.63) is 267 Å². The largest absolute Gasteiger partial charge is 0.442 e. The summed E-state index contributed by atoms with van der Waals surface area (Å²) in [6.07, 6.45) is 25.6. The fourth-order valence-electron chi connectivity index (χ4n) is 11.0. The molecule has 3 aliphatic rings. The van der Waals surface area contributed by atoms with E-state index >= 15 is 0 Å². The van der Waals surface area contributed by atoms with Gasteiger partial charge in [-0.2, -0.15) is 0 Å². The molecule has 15 rings (SSSR count). The van der Waals surface area contributed by atoms with Gasteiger partial charge in [-0.05, 0) is 106 Å². The number of fused-ring (bicyclic) bond motifs is 9. The fraction of sp³-hybridized carbons (Fsp3) is 0.0896. The lowest BCUT2D eigenvalue weighted by atomic mass is 9.98. The maximum absolute atomic E-state index is 14.7. The number of aromatic nitrogens is 9. The first-order valence-electron chi connectivity index (χ1n) is 26.9. The highest BCUT2D eigenvalue weighted by Crippen LogP contribution is 2.41. The van der Waals surface area contributed by atoms with Gasteiger partial charge < -0.3 is 13.3 Å². The van der Waals surface area contributed by atoms with E-state index in [4.69, 9.17) is 52.7 Å². The minimum absolute atomic E-state index is 0.203. The molecule has 0 aliphatic carbocycles. The second-order valence-corrected chi connectivity index (χ2v) is 21.3. The molecular weight excluding hydrogens is 1170 g/mol. The summed E-state index contributed by atoms with van der Waals surface area (Å²) < 4.78 is 52.7. The van der Waals surface area contributed by atoms with E-state index in [1.165, 1.54) is 31.3 Å². The van der Waals surface area contributed by atoms with Crippen molar-refractivity contribution in [1.82, 2.24) is 43.6 Å². The Morgan fingerprint density at radius 1 is 0.465 bits per heavy atom. The molecule has 19 heteroatoms. The molecule has 3 aliphatic heterocycles. The van der Waals surface area contributed by atoms with Crippen LogP contribution in [-0.4, -0.2) is 60.7 Å². The molecule has 6 aromatic heterocycles. The highest BCUT2D eigenvalue weighted by Gasteiger charge is 2.32. The van der Waals surface area contributed by atoms with Crippen LogP contribution in [0.2, 0.25) is 5.02 Å². The van der Waals surface area contributed by atoms with E-state index in [9.17, 15) is 8.78 Å². The topological polar surface area (TPSA) is 169 Å². The Bertz CT molecular complexity index is 4550. The number of hydrogen-bond acceptors (Lipinski definition) is 12. The van der Waals surface area contributed by atoms with Crippen molar-refractivity contribution in [2.75, 3.05) is 0 Å². The molecule has 418 valence electrons. The van der Waals surface area contributed by atoms with Crippen molar-refractivity contribution in [1.29, 1.82) is 0 Å². The minimum Gasteiger partial charge on any atom is -0.442 e. The van der Waals surface area contributed by atoms with E-state index in [0.717, 1.165) is 72.1 Å². The molecule has 0 spiro atoms. The maximum atomic E-state index is 14.7. The van der Waals surface area contributed by atoms with Crippen LogP contribution in [0, 0.1) is 36.3 Å². The molecule has 3 atom stereocenters. The van der Waals surface area contributed by atoms with Crippen LogP contribution in [0.15, 0.2) is 217 Å². The predicted molar refractivity (Wildman–Crippen MR) is 327 cm³/mol. The Morgan fingerprint density at radius 3 is 1.20 bits per heavy atom. The Kier molecular flexibility index (Phi) is 14.5. The summed E-state index contributed by atoms with van der Waals surface area (Å²) in [5, 5.41) is 0.635. The second-order valence-electron chi connectivity index (χ2n) is 20.0. The van der Waals surface area contributed by atoms with Gasteiger partial charge in [0, 0.05) is 54.0 Å². The monoisotopic (exact) mass is 1220 g/mol. The molecular formula is C67H44BrClF2N12O3. The molecule has 0 radical (unpaired) electrons. The lowest BCUT2D eigenvalue weighted by Crippen LogP contribution is -2.09. The molecule has 0 saturated carbocycles. The smallest absolute Gasteiger partial charge is 0.181 e. The van der Waals surface area contributed by atoms with E-state index < -0.39 is 0 Å². The number of hydrogen-bond donors (Lipinski definition) is 0. The van der Waals surface area contributed by atoms with E-state index in [0.29, 0.717) is 67.5 Å². The molecule has 9 heterocycles. The van der Waals surface area contributed by atoms with Gasteiger partial charge in [0.05, 0.1) is 88.0 Å². The molecule has 0 fully saturated rings. The number of aliphatic imine (C=N–C) groups is 3. The van der Waals surface area contributed by atoms with Crippen LogP contribution in [0.5, 0.6) is 0 Å². The van der Waals surface area contributed by atoms with Crippen LogP contribution in [0.4, 0.5) is 8.78 Å². The number of benzene rings is 6. The van der Waals surface area contributed by atoms with E-state index in [1.54, 1.807) is 67.9 Å². The quantitative estimate of drug-likeness (QED) is 0.147. The minimum atomic E-state index is -0.337. The van der Waals surface area contributed by atoms with Crippen molar-refractivity contribution in [2.45, 2.75) is 38.9 Å². The number of terminal acetylenes is 2. The fourth-order valence-corrected chi connectivity index (χ4v) is 11.5. The van der Waals surface area contributed by atoms with Crippen LogP contribution in [0.3, 0.4) is 0 Å². The van der Waals surface area contributed by atoms with Gasteiger partial charge in [-0.15, -0.1) is 12.8 Å². The first-order valence-corrected chi connectivity index (χ1v) is 28.0. The number of oxazole rings is 3. The van der Waals surface area contributed by atoms with Gasteiger partial charge in [0.15, 0.2) is 36.5 Å². The SMILES string of the molecule is C#Cc1ccc2c(c1)C(c1ccccc1Cl)=N[C@@H](C)c1c(-c3cnco3)ncn1-2.C#Cc1ccc2c(c1)C(c1ccccc1F)=N[C@@H](C)c1c(-c3cnco3)ncn1-2.C[C@@H]1N=C(c2ccccc2F)c2cc(Br)ccc2-n2cnc(-c3cnco3)c21. The van der Waals surface area contributed by atoms with Gasteiger partial charge in [0.1, 0.15) is 47.7 Å². The molecule has 0 saturated heterocycles. The van der Waals surface area contributed by atoms with Crippen molar-refractivity contribution in [3.63, 3.8) is 0 Å². The van der Waals surface area contributed by atoms with Gasteiger partial charge in [0.25, 0.3) is 0 Å². The highest BCUT2D eigenvalue weighted by atomic mass is 79.9. The third-order valence-corrected chi connectivity index (χ3v) is 15.6. The zero-order valence-corrected chi connectivity index (χ0v) is 48.2. The molecule has 0 amide bonds. The first-order chi connectivity index (χ1) is 42.0. The Hall–Kier alpha value is -10.7. The van der Waals surface area contributed by atoms with Crippen LogP contribution in [-0.2, 0) is 0 Å². The third kappa shape index (κ3) is 9.86. The van der Waals surface area contributed by atoms with Gasteiger partial charge in [-0.25, -0.2) is 38.7 Å². The average Bonchev–Trinajstić information content (AvgIpc) is 1.90. The van der Waals surface area contributed by atoms with E-state index in [1.807, 2.05) is 119 Å². The predicted octanol–water partition coefficient (Wildman–Crippen LogP) is 15.0. The van der Waals surface area contributed by atoms with Crippen molar-refractivity contribution < 1.29 is 22.0 Å². The molecule has 86 heavy (non-hydrogen) atoms. The highest BCUT2D eigenvalue weighted by molar-refractivity contribution is 9.10. The lowest BCUT2D eigenvalue weighted by Gasteiger charge is -2.13. The van der Waals surface area contributed by atoms with Crippen molar-refractivity contribution in [3.8, 4) is 76.1 Å². The average molecular weight is 1220 g/mol. The molecule has 15 nitrogen and oxygen atoms in total. The molecule has 0 unspecified atom stereocenters. The number of imidazole rings is 3. The van der Waals surface area contributed by atoms with Crippen LogP contribution in [0.1, 0.15) is 100 Å². The van der Waals surface area contributed by atoms with Crippen LogP contribution >= 0.6 is 27.5 Å². The van der Waals surface area contributed by atoms with Gasteiger partial charge >= 0.3 is 0 Å². The summed E-state index contributed by atoms with van der Waals surface area (Å²) in [4.78, 5) is 40.5. The second kappa shape index (κ2) is 22.8. The first kappa shape index (κ1) is 54.6. The number of halogens is 4. The van der Waals surface area contributed by atoms with Crippen molar-refractivity contribution in [2.24, 2.45) is 15.0 Å². The number of nitrogens with zero attached hydrogens (tertiary/aromatic N) is 12. The summed E-state index contributed by atoms with van der Waals surface area (Å²) in [5.41, 5.74) is 14.9. The third-order valence-electron chi connectivity index (χ3n) is 14.8. The molecule has 0 bridgehead atoms. The van der Waals surface area contributed by atoms with Gasteiger partial charge in [0.2, 0.25) is 0 Å². The standard InChI is InChI=1S/C23H15ClN4O.C23H15FN4O.C21H14BrFN4O/c2*1-3-15-8-9-19-17(10-15)21(16-6-4-5-7-18(16)24)27-14(2)23-22(26-12-28(19)23)20-11-25-13-29-20;1-12-21-20(18-9-24-11-28-18)25-10-27(21)17-7-6-13(22)8-15(17)19(26-12)14-4-2-3-5-16(14)23/h2*1,4-14H,2H3;2-12H,1H3/t2*14-;12-/m000/s1. The zero-order chi connectivity index (χ0) is 59.2. The Morgan fingerprint density at radius 2 is 0.826 bits per heavy atom. The summed E-state index contributed by atoms with van der Waals surface area (Å²) in [6, 6.07) is 37.6. The van der Waals surface area contributed by atoms with Crippen LogP contribution < -0.4 is 0 Å². The summed E-state index contributed by atoms with van der Waals surface area (Å²) >= 11 is 10.1.